The summed E-state index contributed by atoms with van der Waals surface area (Å²) in [4.78, 5) is 10.8. The summed E-state index contributed by atoms with van der Waals surface area (Å²) in [6, 6.07) is 8.41. The van der Waals surface area contributed by atoms with Crippen LogP contribution in [0.25, 0.3) is 0 Å². The van der Waals surface area contributed by atoms with E-state index in [9.17, 15) is 9.36 Å². The number of carbonyl (C=O) groups is 1. The van der Waals surface area contributed by atoms with E-state index in [1.807, 2.05) is 0 Å². The molecule has 0 saturated heterocycles. The summed E-state index contributed by atoms with van der Waals surface area (Å²) in [5, 5.41) is 0. The van der Waals surface area contributed by atoms with Gasteiger partial charge in [0.05, 0.1) is 5.56 Å². The SMILES string of the molecule is O=[PH+]OC(=O)c1ccccc1. The topological polar surface area (TPSA) is 43.4 Å². The van der Waals surface area contributed by atoms with E-state index in [1.54, 1.807) is 30.3 Å². The summed E-state index contributed by atoms with van der Waals surface area (Å²) < 4.78 is 14.2. The second-order valence-electron chi connectivity index (χ2n) is 1.84. The fraction of sp³-hybridized carbons (Fsp3) is 0. The average Bonchev–Trinajstić information content (AvgIpc) is 2.07. The van der Waals surface area contributed by atoms with Crippen molar-refractivity contribution in [1.29, 1.82) is 0 Å². The van der Waals surface area contributed by atoms with E-state index < -0.39 is 14.7 Å². The highest BCUT2D eigenvalue weighted by Gasteiger charge is 2.09. The smallest absolute Gasteiger partial charge is 0.241 e. The molecule has 0 heterocycles. The molecule has 11 heavy (non-hydrogen) atoms. The molecule has 56 valence electrons. The molecule has 4 heteroatoms. The normalized spacial score (nSPS) is 9.45. The molecule has 1 aromatic carbocycles. The molecule has 0 bridgehead atoms. The first-order chi connectivity index (χ1) is 5.34. The lowest BCUT2D eigenvalue weighted by atomic mass is 10.2. The van der Waals surface area contributed by atoms with Crippen LogP contribution in [0.3, 0.4) is 0 Å². The molecule has 3 nitrogen and oxygen atoms in total. The Balaban J connectivity index is 2.77. The molecule has 0 saturated carbocycles. The van der Waals surface area contributed by atoms with Crippen molar-refractivity contribution >= 4 is 14.7 Å². The van der Waals surface area contributed by atoms with Crippen LogP contribution in [0.2, 0.25) is 0 Å². The van der Waals surface area contributed by atoms with Crippen LogP contribution in [0, 0.1) is 0 Å². The van der Waals surface area contributed by atoms with Crippen molar-refractivity contribution in [2.45, 2.75) is 0 Å². The van der Waals surface area contributed by atoms with Crippen molar-refractivity contribution < 1.29 is 13.9 Å². The maximum absolute atomic E-state index is 10.8. The van der Waals surface area contributed by atoms with Gasteiger partial charge in [0.25, 0.3) is 0 Å². The zero-order valence-electron chi connectivity index (χ0n) is 5.61. The van der Waals surface area contributed by atoms with Gasteiger partial charge in [0.1, 0.15) is 0 Å². The van der Waals surface area contributed by atoms with E-state index in [0.29, 0.717) is 5.56 Å². The minimum atomic E-state index is -1.04. The maximum atomic E-state index is 10.8. The van der Waals surface area contributed by atoms with Crippen molar-refractivity contribution in [3.63, 3.8) is 0 Å². The zero-order chi connectivity index (χ0) is 8.10. The van der Waals surface area contributed by atoms with E-state index in [0.717, 1.165) is 0 Å². The van der Waals surface area contributed by atoms with Crippen LogP contribution in [0.15, 0.2) is 30.3 Å². The van der Waals surface area contributed by atoms with E-state index in [-0.39, 0.29) is 0 Å². The maximum Gasteiger partial charge on any atom is 0.545 e. The van der Waals surface area contributed by atoms with Gasteiger partial charge in [-0.1, -0.05) is 18.2 Å². The molecule has 1 rings (SSSR count). The molecule has 0 aliphatic heterocycles. The third-order valence-electron chi connectivity index (χ3n) is 1.14. The molecule has 0 spiro atoms. The Morgan fingerprint density at radius 1 is 1.27 bits per heavy atom. The van der Waals surface area contributed by atoms with Gasteiger partial charge in [-0.05, 0) is 16.7 Å². The van der Waals surface area contributed by atoms with Gasteiger partial charge < -0.3 is 0 Å². The molecule has 1 atom stereocenters. The molecular weight excluding hydrogens is 163 g/mol. The van der Waals surface area contributed by atoms with E-state index in [1.165, 1.54) is 0 Å². The third kappa shape index (κ3) is 2.13. The first-order valence-corrected chi connectivity index (χ1v) is 3.79. The molecule has 1 aromatic rings. The Morgan fingerprint density at radius 2 is 1.91 bits per heavy atom. The summed E-state index contributed by atoms with van der Waals surface area (Å²) in [7, 11) is -1.04. The Labute approximate surface area is 65.3 Å². The van der Waals surface area contributed by atoms with Crippen LogP contribution >= 0.6 is 8.69 Å². The van der Waals surface area contributed by atoms with Crippen molar-refractivity contribution in [3.8, 4) is 0 Å². The molecule has 0 radical (unpaired) electrons. The first kappa shape index (κ1) is 7.89. The Bertz CT molecular complexity index is 258. The van der Waals surface area contributed by atoms with Gasteiger partial charge in [-0.3, -0.25) is 0 Å². The number of carbonyl (C=O) groups excluding carboxylic acids is 1. The Hall–Kier alpha value is -1.21. The summed E-state index contributed by atoms with van der Waals surface area (Å²) >= 11 is 0. The molecule has 0 N–H and O–H groups in total. The molecule has 0 aliphatic carbocycles. The summed E-state index contributed by atoms with van der Waals surface area (Å²) in [6.45, 7) is 0. The molecule has 0 aromatic heterocycles. The predicted molar refractivity (Wildman–Crippen MR) is 40.9 cm³/mol. The summed E-state index contributed by atoms with van der Waals surface area (Å²) in [5.74, 6) is -0.557. The minimum absolute atomic E-state index is 0.413. The van der Waals surface area contributed by atoms with E-state index >= 15 is 0 Å². The van der Waals surface area contributed by atoms with Gasteiger partial charge in [0.2, 0.25) is 0 Å². The molecular formula is C7H6O3P+. The van der Waals surface area contributed by atoms with Crippen molar-refractivity contribution in [2.24, 2.45) is 0 Å². The average molecular weight is 169 g/mol. The van der Waals surface area contributed by atoms with Crippen molar-refractivity contribution in [2.75, 3.05) is 0 Å². The van der Waals surface area contributed by atoms with E-state index in [4.69, 9.17) is 0 Å². The molecule has 1 unspecified atom stereocenters. The summed E-state index contributed by atoms with van der Waals surface area (Å²) in [5.41, 5.74) is 0.413. The lowest BCUT2D eigenvalue weighted by Gasteiger charge is -1.89. The minimum Gasteiger partial charge on any atom is -0.241 e. The highest BCUT2D eigenvalue weighted by Crippen LogP contribution is 2.05. The largest absolute Gasteiger partial charge is 0.545 e. The van der Waals surface area contributed by atoms with Crippen molar-refractivity contribution in [3.05, 3.63) is 35.9 Å². The van der Waals surface area contributed by atoms with Gasteiger partial charge in [0, 0.05) is 0 Å². The van der Waals surface area contributed by atoms with Gasteiger partial charge in [-0.15, -0.1) is 0 Å². The first-order valence-electron chi connectivity index (χ1n) is 2.98. The highest BCUT2D eigenvalue weighted by atomic mass is 31.1. The lowest BCUT2D eigenvalue weighted by Crippen LogP contribution is -1.96. The van der Waals surface area contributed by atoms with Gasteiger partial charge in [-0.2, -0.15) is 0 Å². The number of benzene rings is 1. The van der Waals surface area contributed by atoms with Crippen molar-refractivity contribution in [1.82, 2.24) is 0 Å². The fourth-order valence-corrected chi connectivity index (χ4v) is 0.865. The zero-order valence-corrected chi connectivity index (χ0v) is 6.61. The van der Waals surface area contributed by atoms with Crippen LogP contribution in [-0.2, 0) is 9.09 Å². The van der Waals surface area contributed by atoms with Crippen LogP contribution in [0.5, 0.6) is 0 Å². The fourth-order valence-electron chi connectivity index (χ4n) is 0.671. The third-order valence-corrected chi connectivity index (χ3v) is 1.41. The van der Waals surface area contributed by atoms with Crippen LogP contribution in [-0.4, -0.2) is 5.97 Å². The second kappa shape index (κ2) is 3.84. The van der Waals surface area contributed by atoms with Crippen LogP contribution in [0.4, 0.5) is 0 Å². The lowest BCUT2D eigenvalue weighted by molar-refractivity contribution is 0.0756. The number of rotatable bonds is 2. The molecule has 0 fully saturated rings. The van der Waals surface area contributed by atoms with Crippen LogP contribution < -0.4 is 0 Å². The Kier molecular flexibility index (Phi) is 2.75. The van der Waals surface area contributed by atoms with Crippen LogP contribution in [0.1, 0.15) is 10.4 Å². The monoisotopic (exact) mass is 169 g/mol. The quantitative estimate of drug-likeness (QED) is 0.633. The number of hydrogen-bond acceptors (Lipinski definition) is 3. The van der Waals surface area contributed by atoms with E-state index in [2.05, 4.69) is 4.52 Å². The molecule has 0 amide bonds. The Morgan fingerprint density at radius 3 is 2.45 bits per heavy atom. The molecule has 0 aliphatic rings. The standard InChI is InChI=1S/C7H6O3P/c8-7(10-11-9)6-4-2-1-3-5-6/h1-5,11H/q+1. The van der Waals surface area contributed by atoms with Gasteiger partial charge >= 0.3 is 14.7 Å². The summed E-state index contributed by atoms with van der Waals surface area (Å²) in [6.07, 6.45) is 0. The second-order valence-corrected chi connectivity index (χ2v) is 2.21. The predicted octanol–water partition coefficient (Wildman–Crippen LogP) is 1.78. The highest BCUT2D eigenvalue weighted by molar-refractivity contribution is 7.18. The van der Waals surface area contributed by atoms with Gasteiger partial charge in [-0.25, -0.2) is 9.32 Å². The van der Waals surface area contributed by atoms with Gasteiger partial charge in [0.15, 0.2) is 0 Å². The number of hydrogen-bond donors (Lipinski definition) is 0.